The van der Waals surface area contributed by atoms with Gasteiger partial charge in [-0.2, -0.15) is 0 Å². The third kappa shape index (κ3) is 4.86. The molecule has 0 saturated heterocycles. The van der Waals surface area contributed by atoms with Crippen LogP contribution in [0.1, 0.15) is 43.4 Å². The first-order valence-corrected chi connectivity index (χ1v) is 6.35. The number of nitrogens with two attached hydrogens (primary N) is 1. The lowest BCUT2D eigenvalue weighted by Crippen LogP contribution is -2.28. The third-order valence-electron chi connectivity index (χ3n) is 2.96. The zero-order chi connectivity index (χ0) is 12.5. The molecule has 3 N–H and O–H groups in total. The van der Waals surface area contributed by atoms with E-state index in [0.717, 1.165) is 25.9 Å². The van der Waals surface area contributed by atoms with Crippen molar-refractivity contribution in [2.45, 2.75) is 38.6 Å². The van der Waals surface area contributed by atoms with Gasteiger partial charge in [-0.3, -0.25) is 11.3 Å². The summed E-state index contributed by atoms with van der Waals surface area (Å²) in [5.74, 6) is 5.59. The van der Waals surface area contributed by atoms with E-state index in [-0.39, 0.29) is 6.04 Å². The van der Waals surface area contributed by atoms with Gasteiger partial charge in [-0.25, -0.2) is 0 Å². The Kier molecular flexibility index (Phi) is 6.86. The molecule has 0 heterocycles. The van der Waals surface area contributed by atoms with Gasteiger partial charge in [-0.15, -0.1) is 0 Å². The molecule has 3 nitrogen and oxygen atoms in total. The van der Waals surface area contributed by atoms with E-state index < -0.39 is 0 Å². The highest BCUT2D eigenvalue weighted by Gasteiger charge is 2.08. The molecule has 0 fully saturated rings. The second kappa shape index (κ2) is 8.23. The lowest BCUT2D eigenvalue weighted by Gasteiger charge is -2.16. The molecule has 0 amide bonds. The van der Waals surface area contributed by atoms with E-state index in [1.165, 1.54) is 17.5 Å². The first kappa shape index (κ1) is 14.2. The summed E-state index contributed by atoms with van der Waals surface area (Å²) in [5, 5.41) is 0. The Morgan fingerprint density at radius 3 is 2.53 bits per heavy atom. The quantitative estimate of drug-likeness (QED) is 0.414. The number of rotatable bonds is 8. The summed E-state index contributed by atoms with van der Waals surface area (Å²) in [4.78, 5) is 0. The predicted octanol–water partition coefficient (Wildman–Crippen LogP) is 2.57. The minimum atomic E-state index is 0.223. The van der Waals surface area contributed by atoms with Crippen molar-refractivity contribution in [1.82, 2.24) is 5.43 Å². The summed E-state index contributed by atoms with van der Waals surface area (Å²) in [6, 6.07) is 8.95. The molecular formula is C14H24N2O. The molecule has 0 aromatic heterocycles. The fourth-order valence-electron chi connectivity index (χ4n) is 1.98. The average Bonchev–Trinajstić information content (AvgIpc) is 2.36. The molecule has 0 bridgehead atoms. The molecule has 0 aliphatic carbocycles. The summed E-state index contributed by atoms with van der Waals surface area (Å²) in [7, 11) is 1.73. The molecule has 0 aliphatic heterocycles. The van der Waals surface area contributed by atoms with Gasteiger partial charge in [0.2, 0.25) is 0 Å². The number of hydrogen-bond acceptors (Lipinski definition) is 3. The van der Waals surface area contributed by atoms with Crippen molar-refractivity contribution in [2.24, 2.45) is 5.84 Å². The highest BCUT2D eigenvalue weighted by molar-refractivity contribution is 5.25. The number of ether oxygens (including phenoxy) is 1. The number of benzene rings is 1. The topological polar surface area (TPSA) is 47.3 Å². The highest BCUT2D eigenvalue weighted by atomic mass is 16.5. The number of hydrazine groups is 1. The zero-order valence-electron chi connectivity index (χ0n) is 10.9. The van der Waals surface area contributed by atoms with E-state index in [2.05, 4.69) is 36.6 Å². The second-order valence-electron chi connectivity index (χ2n) is 4.35. The van der Waals surface area contributed by atoms with Crippen molar-refractivity contribution in [3.63, 3.8) is 0 Å². The SMILES string of the molecule is CCCc1ccc(C(CCCOC)NN)cc1. The van der Waals surface area contributed by atoms with Crippen LogP contribution < -0.4 is 11.3 Å². The van der Waals surface area contributed by atoms with E-state index in [4.69, 9.17) is 10.6 Å². The van der Waals surface area contributed by atoms with Gasteiger partial charge in [0.05, 0.1) is 0 Å². The summed E-state index contributed by atoms with van der Waals surface area (Å²) in [6.45, 7) is 2.98. The van der Waals surface area contributed by atoms with Crippen molar-refractivity contribution < 1.29 is 4.74 Å². The summed E-state index contributed by atoms with van der Waals surface area (Å²) in [6.07, 6.45) is 4.34. The van der Waals surface area contributed by atoms with Gasteiger partial charge in [0.25, 0.3) is 0 Å². The Hall–Kier alpha value is -0.900. The van der Waals surface area contributed by atoms with Crippen LogP contribution in [-0.2, 0) is 11.2 Å². The number of methoxy groups -OCH3 is 1. The maximum Gasteiger partial charge on any atom is 0.0462 e. The third-order valence-corrected chi connectivity index (χ3v) is 2.96. The van der Waals surface area contributed by atoms with Crippen LogP contribution >= 0.6 is 0 Å². The fourth-order valence-corrected chi connectivity index (χ4v) is 1.98. The zero-order valence-corrected chi connectivity index (χ0v) is 10.9. The molecule has 96 valence electrons. The molecule has 1 unspecified atom stereocenters. The maximum absolute atomic E-state index is 5.59. The van der Waals surface area contributed by atoms with Gasteiger partial charge in [-0.1, -0.05) is 37.6 Å². The van der Waals surface area contributed by atoms with Gasteiger partial charge in [0, 0.05) is 19.8 Å². The number of nitrogens with one attached hydrogen (secondary N) is 1. The van der Waals surface area contributed by atoms with Crippen LogP contribution in [0.2, 0.25) is 0 Å². The van der Waals surface area contributed by atoms with Crippen LogP contribution in [0.5, 0.6) is 0 Å². The molecule has 3 heteroatoms. The Morgan fingerprint density at radius 2 is 2.00 bits per heavy atom. The Bertz CT molecular complexity index is 298. The van der Waals surface area contributed by atoms with Crippen molar-refractivity contribution in [1.29, 1.82) is 0 Å². The van der Waals surface area contributed by atoms with Crippen LogP contribution in [0.25, 0.3) is 0 Å². The predicted molar refractivity (Wildman–Crippen MR) is 71.6 cm³/mol. The first-order valence-electron chi connectivity index (χ1n) is 6.35. The Morgan fingerprint density at radius 1 is 1.29 bits per heavy atom. The molecule has 0 radical (unpaired) electrons. The fraction of sp³-hybridized carbons (Fsp3) is 0.571. The van der Waals surface area contributed by atoms with Crippen LogP contribution in [0.3, 0.4) is 0 Å². The highest BCUT2D eigenvalue weighted by Crippen LogP contribution is 2.18. The molecule has 0 saturated carbocycles. The number of aryl methyl sites for hydroxylation is 1. The largest absolute Gasteiger partial charge is 0.385 e. The molecule has 0 spiro atoms. The van der Waals surface area contributed by atoms with Crippen molar-refractivity contribution >= 4 is 0 Å². The minimum Gasteiger partial charge on any atom is -0.385 e. The summed E-state index contributed by atoms with van der Waals surface area (Å²) < 4.78 is 5.06. The van der Waals surface area contributed by atoms with Gasteiger partial charge in [-0.05, 0) is 30.4 Å². The van der Waals surface area contributed by atoms with Crippen molar-refractivity contribution in [3.8, 4) is 0 Å². The van der Waals surface area contributed by atoms with Gasteiger partial charge >= 0.3 is 0 Å². The van der Waals surface area contributed by atoms with Crippen LogP contribution in [-0.4, -0.2) is 13.7 Å². The van der Waals surface area contributed by atoms with Crippen molar-refractivity contribution in [3.05, 3.63) is 35.4 Å². The smallest absolute Gasteiger partial charge is 0.0462 e. The lowest BCUT2D eigenvalue weighted by atomic mass is 10.00. The van der Waals surface area contributed by atoms with Crippen molar-refractivity contribution in [2.75, 3.05) is 13.7 Å². The van der Waals surface area contributed by atoms with E-state index in [1.807, 2.05) is 0 Å². The van der Waals surface area contributed by atoms with E-state index in [1.54, 1.807) is 7.11 Å². The number of hydrogen-bond donors (Lipinski definition) is 2. The lowest BCUT2D eigenvalue weighted by molar-refractivity contribution is 0.189. The van der Waals surface area contributed by atoms with Crippen LogP contribution in [0.15, 0.2) is 24.3 Å². The normalized spacial score (nSPS) is 12.6. The van der Waals surface area contributed by atoms with Crippen LogP contribution in [0, 0.1) is 0 Å². The van der Waals surface area contributed by atoms with Gasteiger partial charge < -0.3 is 4.74 Å². The maximum atomic E-state index is 5.59. The first-order chi connectivity index (χ1) is 8.31. The molecule has 0 aliphatic rings. The van der Waals surface area contributed by atoms with E-state index in [0.29, 0.717) is 0 Å². The van der Waals surface area contributed by atoms with Gasteiger partial charge in [0.15, 0.2) is 0 Å². The minimum absolute atomic E-state index is 0.223. The monoisotopic (exact) mass is 236 g/mol. The Labute approximate surface area is 104 Å². The summed E-state index contributed by atoms with van der Waals surface area (Å²) in [5.41, 5.74) is 5.52. The second-order valence-corrected chi connectivity index (χ2v) is 4.35. The Balaban J connectivity index is 2.55. The molecule has 17 heavy (non-hydrogen) atoms. The van der Waals surface area contributed by atoms with E-state index in [9.17, 15) is 0 Å². The molecule has 1 aromatic rings. The van der Waals surface area contributed by atoms with E-state index >= 15 is 0 Å². The molecule has 1 aromatic carbocycles. The molecule has 1 atom stereocenters. The standard InChI is InChI=1S/C14H24N2O/c1-3-5-12-7-9-13(10-8-12)14(16-15)6-4-11-17-2/h7-10,14,16H,3-6,11,15H2,1-2H3. The molecule has 1 rings (SSSR count). The summed E-state index contributed by atoms with van der Waals surface area (Å²) >= 11 is 0. The van der Waals surface area contributed by atoms with Gasteiger partial charge in [0.1, 0.15) is 0 Å². The molecular weight excluding hydrogens is 212 g/mol. The average molecular weight is 236 g/mol. The van der Waals surface area contributed by atoms with Crippen LogP contribution in [0.4, 0.5) is 0 Å².